The molecule has 1 atom stereocenters. The van der Waals surface area contributed by atoms with Gasteiger partial charge in [-0.2, -0.15) is 0 Å². The van der Waals surface area contributed by atoms with Gasteiger partial charge in [-0.05, 0) is 51.5 Å². The van der Waals surface area contributed by atoms with Gasteiger partial charge in [-0.1, -0.05) is 13.3 Å². The molecule has 0 aliphatic carbocycles. The van der Waals surface area contributed by atoms with E-state index in [9.17, 15) is 28.5 Å². The lowest BCUT2D eigenvalue weighted by Gasteiger charge is -2.43. The Morgan fingerprint density at radius 2 is 1.84 bits per heavy atom. The molecule has 2 aliphatic rings. The van der Waals surface area contributed by atoms with Gasteiger partial charge < -0.3 is 25.0 Å². The summed E-state index contributed by atoms with van der Waals surface area (Å²) in [5.41, 5.74) is 5.13. The van der Waals surface area contributed by atoms with Gasteiger partial charge in [0.15, 0.2) is 0 Å². The second-order valence-electron chi connectivity index (χ2n) is 11.2. The minimum atomic E-state index is -3.05. The Labute approximate surface area is 221 Å². The maximum Gasteiger partial charge on any atom is 0.410 e. The molecule has 3 rings (SSSR count). The lowest BCUT2D eigenvalue weighted by atomic mass is 9.73. The number of carbonyl (C=O) groups excluding carboxylic acids is 2. The highest BCUT2D eigenvalue weighted by Crippen LogP contribution is 2.41. The van der Waals surface area contributed by atoms with E-state index in [-0.39, 0.29) is 36.4 Å². The molecule has 0 aromatic heterocycles. The van der Waals surface area contributed by atoms with Crippen LogP contribution >= 0.6 is 0 Å². The molecule has 0 radical (unpaired) electrons. The summed E-state index contributed by atoms with van der Waals surface area (Å²) in [5, 5.41) is 11.3. The number of ether oxygens (including phenoxy) is 2. The number of halogens is 2. The normalized spacial score (nSPS) is 21.2. The molecule has 0 spiro atoms. The highest BCUT2D eigenvalue weighted by Gasteiger charge is 2.47. The Morgan fingerprint density at radius 3 is 2.39 bits per heavy atom. The number of primary amides is 1. The molecule has 2 N–H and O–H groups in total. The summed E-state index contributed by atoms with van der Waals surface area (Å²) in [5.74, 6) is -3.71. The molecule has 10 nitrogen and oxygen atoms in total. The Morgan fingerprint density at radius 1 is 1.18 bits per heavy atom. The largest absolute Gasteiger partial charge is 0.444 e. The number of benzene rings is 1. The van der Waals surface area contributed by atoms with Crippen molar-refractivity contribution in [3.8, 4) is 0 Å². The first-order valence-corrected chi connectivity index (χ1v) is 13.0. The lowest BCUT2D eigenvalue weighted by molar-refractivity contribution is -0.384. The van der Waals surface area contributed by atoms with Crippen LogP contribution in [-0.4, -0.2) is 72.2 Å². The van der Waals surface area contributed by atoms with E-state index >= 15 is 0 Å². The molecular formula is C26H38F2N4O6. The molecule has 2 fully saturated rings. The van der Waals surface area contributed by atoms with Crippen molar-refractivity contribution >= 4 is 23.4 Å². The molecule has 212 valence electrons. The summed E-state index contributed by atoms with van der Waals surface area (Å²) in [7, 11) is 0. The van der Waals surface area contributed by atoms with E-state index in [0.717, 1.165) is 6.42 Å². The van der Waals surface area contributed by atoms with Gasteiger partial charge in [-0.25, -0.2) is 13.6 Å². The number of likely N-dealkylation sites (tertiary alicyclic amines) is 1. The first-order chi connectivity index (χ1) is 17.7. The van der Waals surface area contributed by atoms with E-state index in [1.807, 2.05) is 11.8 Å². The Kier molecular flexibility index (Phi) is 8.85. The zero-order chi connectivity index (χ0) is 28.3. The van der Waals surface area contributed by atoms with E-state index in [0.29, 0.717) is 38.0 Å². The van der Waals surface area contributed by atoms with Crippen molar-refractivity contribution in [2.45, 2.75) is 77.4 Å². The lowest BCUT2D eigenvalue weighted by Crippen LogP contribution is -2.54. The predicted octanol–water partition coefficient (Wildman–Crippen LogP) is 4.74. The van der Waals surface area contributed by atoms with Crippen molar-refractivity contribution in [2.24, 2.45) is 11.1 Å². The summed E-state index contributed by atoms with van der Waals surface area (Å²) < 4.78 is 40.3. The molecular weight excluding hydrogens is 502 g/mol. The molecule has 1 unspecified atom stereocenters. The van der Waals surface area contributed by atoms with E-state index < -0.39 is 41.0 Å². The van der Waals surface area contributed by atoms with Crippen LogP contribution in [0.3, 0.4) is 0 Å². The molecule has 1 aromatic carbocycles. The van der Waals surface area contributed by atoms with Gasteiger partial charge in [0.05, 0.1) is 22.7 Å². The van der Waals surface area contributed by atoms with Crippen LogP contribution in [0.5, 0.6) is 0 Å². The van der Waals surface area contributed by atoms with E-state index in [1.165, 1.54) is 23.1 Å². The SMILES string of the molecule is CCC1(CCOC2CN(C(=O)OC(C)(C)C)CCC2(F)F)CCN(c2cc([N+](=O)[O-])ccc2C(N)=O)CC1. The zero-order valence-electron chi connectivity index (χ0n) is 22.5. The van der Waals surface area contributed by atoms with Gasteiger partial charge in [0, 0.05) is 44.8 Å². The number of anilines is 1. The summed E-state index contributed by atoms with van der Waals surface area (Å²) >= 11 is 0. The smallest absolute Gasteiger partial charge is 0.410 e. The number of nitrogens with two attached hydrogens (primary N) is 1. The van der Waals surface area contributed by atoms with E-state index in [1.54, 1.807) is 20.8 Å². The monoisotopic (exact) mass is 540 g/mol. The number of nitrogens with zero attached hydrogens (tertiary/aromatic N) is 3. The predicted molar refractivity (Wildman–Crippen MR) is 138 cm³/mol. The van der Waals surface area contributed by atoms with Gasteiger partial charge in [-0.15, -0.1) is 0 Å². The number of rotatable bonds is 8. The standard InChI is InChI=1S/C26H38F2N4O6/c1-5-25(8-12-30(13-9-25)20-16-18(32(35)36)6-7-19(20)22(29)33)11-15-37-21-17-31(14-10-26(21,27)28)23(34)38-24(2,3)4/h6-7,16,21H,5,8-15,17H2,1-4H3,(H2,29,33). The van der Waals surface area contributed by atoms with Crippen LogP contribution in [0.2, 0.25) is 0 Å². The maximum atomic E-state index is 14.6. The number of carbonyl (C=O) groups is 2. The van der Waals surface area contributed by atoms with Crippen molar-refractivity contribution in [1.29, 1.82) is 0 Å². The minimum absolute atomic E-state index is 0.0958. The van der Waals surface area contributed by atoms with E-state index in [2.05, 4.69) is 0 Å². The third-order valence-corrected chi connectivity index (χ3v) is 7.55. The minimum Gasteiger partial charge on any atom is -0.444 e. The van der Waals surface area contributed by atoms with Crippen molar-refractivity contribution in [2.75, 3.05) is 37.7 Å². The van der Waals surface area contributed by atoms with E-state index in [4.69, 9.17) is 15.2 Å². The molecule has 0 bridgehead atoms. The number of nitro groups is 1. The topological polar surface area (TPSA) is 128 Å². The van der Waals surface area contributed by atoms with Crippen LogP contribution in [0.4, 0.5) is 25.0 Å². The van der Waals surface area contributed by atoms with Gasteiger partial charge in [0.2, 0.25) is 0 Å². The van der Waals surface area contributed by atoms with Crippen molar-refractivity contribution < 1.29 is 32.8 Å². The van der Waals surface area contributed by atoms with Gasteiger partial charge >= 0.3 is 6.09 Å². The summed E-state index contributed by atoms with van der Waals surface area (Å²) in [6.07, 6.45) is 0.200. The van der Waals surface area contributed by atoms with Crippen LogP contribution in [0.15, 0.2) is 18.2 Å². The number of amides is 2. The Bertz CT molecular complexity index is 1040. The highest BCUT2D eigenvalue weighted by atomic mass is 19.3. The first kappa shape index (κ1) is 29.5. The van der Waals surface area contributed by atoms with Crippen LogP contribution in [-0.2, 0) is 9.47 Å². The fraction of sp³-hybridized carbons (Fsp3) is 0.692. The molecule has 2 aliphatic heterocycles. The van der Waals surface area contributed by atoms with Crippen molar-refractivity contribution in [3.63, 3.8) is 0 Å². The Hall–Kier alpha value is -3.02. The second-order valence-corrected chi connectivity index (χ2v) is 11.2. The second kappa shape index (κ2) is 11.4. The molecule has 12 heteroatoms. The molecule has 2 amide bonds. The average molecular weight is 541 g/mol. The fourth-order valence-corrected chi connectivity index (χ4v) is 5.06. The van der Waals surface area contributed by atoms with Crippen LogP contribution in [0, 0.1) is 15.5 Å². The number of nitro benzene ring substituents is 1. The van der Waals surface area contributed by atoms with Gasteiger partial charge in [0.25, 0.3) is 17.5 Å². The van der Waals surface area contributed by atoms with Crippen molar-refractivity contribution in [3.05, 3.63) is 33.9 Å². The Balaban J connectivity index is 1.61. The quantitative estimate of drug-likeness (QED) is 0.372. The highest BCUT2D eigenvalue weighted by molar-refractivity contribution is 5.99. The maximum absolute atomic E-state index is 14.6. The summed E-state index contributed by atoms with van der Waals surface area (Å²) in [6.45, 7) is 8.04. The third kappa shape index (κ3) is 7.09. The number of alkyl halides is 2. The summed E-state index contributed by atoms with van der Waals surface area (Å²) in [6, 6.07) is 3.99. The number of hydrogen-bond donors (Lipinski definition) is 1. The van der Waals surface area contributed by atoms with Crippen LogP contribution in [0.1, 0.15) is 70.2 Å². The summed E-state index contributed by atoms with van der Waals surface area (Å²) in [4.78, 5) is 38.2. The van der Waals surface area contributed by atoms with Gasteiger partial charge in [-0.3, -0.25) is 14.9 Å². The zero-order valence-corrected chi connectivity index (χ0v) is 22.5. The third-order valence-electron chi connectivity index (χ3n) is 7.55. The van der Waals surface area contributed by atoms with Gasteiger partial charge in [0.1, 0.15) is 11.7 Å². The van der Waals surface area contributed by atoms with Crippen molar-refractivity contribution in [1.82, 2.24) is 4.90 Å². The van der Waals surface area contributed by atoms with Crippen LogP contribution in [0.25, 0.3) is 0 Å². The molecule has 38 heavy (non-hydrogen) atoms. The molecule has 0 saturated carbocycles. The fourth-order valence-electron chi connectivity index (χ4n) is 5.06. The first-order valence-electron chi connectivity index (χ1n) is 13.0. The molecule has 1 aromatic rings. The molecule has 2 heterocycles. The average Bonchev–Trinajstić information content (AvgIpc) is 2.83. The van der Waals surface area contributed by atoms with Crippen LogP contribution < -0.4 is 10.6 Å². The number of non-ortho nitro benzene ring substituents is 1. The molecule has 2 saturated heterocycles. The number of hydrogen-bond acceptors (Lipinski definition) is 7. The number of piperidine rings is 2.